The van der Waals surface area contributed by atoms with Crippen LogP contribution < -0.4 is 10.6 Å². The summed E-state index contributed by atoms with van der Waals surface area (Å²) in [7, 11) is 0. The Labute approximate surface area is 102 Å². The Morgan fingerprint density at radius 1 is 1.47 bits per heavy atom. The zero-order valence-corrected chi connectivity index (χ0v) is 10.1. The number of aliphatic hydroxyl groups excluding tert-OH is 1. The molecule has 4 nitrogen and oxygen atoms in total. The lowest BCUT2D eigenvalue weighted by Gasteiger charge is -2.32. The number of benzene rings is 1. The minimum absolute atomic E-state index is 0.170. The first kappa shape index (κ1) is 12.2. The standard InChI is InChI=1S/C13H20N2O2/c1-9(14)12-5-4-10(7-13(12)17)15-6-2-3-11(16)8-15/h4-5,7,9,11,16-17H,2-3,6,8,14H2,1H3. The first-order valence-electron chi connectivity index (χ1n) is 6.09. The van der Waals surface area contributed by atoms with Gasteiger partial charge in [-0.25, -0.2) is 0 Å². The van der Waals surface area contributed by atoms with Crippen LogP contribution in [0.4, 0.5) is 5.69 Å². The van der Waals surface area contributed by atoms with Crippen molar-refractivity contribution in [2.45, 2.75) is 31.9 Å². The molecule has 0 radical (unpaired) electrons. The second kappa shape index (κ2) is 4.94. The molecule has 4 heteroatoms. The van der Waals surface area contributed by atoms with E-state index in [1.54, 1.807) is 6.07 Å². The molecule has 94 valence electrons. The van der Waals surface area contributed by atoms with Gasteiger partial charge in [-0.05, 0) is 25.8 Å². The Morgan fingerprint density at radius 3 is 2.82 bits per heavy atom. The molecule has 0 amide bonds. The minimum Gasteiger partial charge on any atom is -0.508 e. The summed E-state index contributed by atoms with van der Waals surface area (Å²) in [4.78, 5) is 2.10. The Morgan fingerprint density at radius 2 is 2.24 bits per heavy atom. The summed E-state index contributed by atoms with van der Waals surface area (Å²) < 4.78 is 0. The molecule has 17 heavy (non-hydrogen) atoms. The highest BCUT2D eigenvalue weighted by Crippen LogP contribution is 2.29. The molecule has 0 aromatic heterocycles. The number of phenolic OH excluding ortho intramolecular Hbond substituents is 1. The number of phenols is 1. The van der Waals surface area contributed by atoms with E-state index in [0.717, 1.165) is 30.6 Å². The highest BCUT2D eigenvalue weighted by Gasteiger charge is 2.19. The maximum atomic E-state index is 9.89. The van der Waals surface area contributed by atoms with Gasteiger partial charge in [-0.1, -0.05) is 6.07 Å². The van der Waals surface area contributed by atoms with Crippen LogP contribution in [0.1, 0.15) is 31.4 Å². The number of aliphatic hydroxyl groups is 1. The number of rotatable bonds is 2. The third-order valence-electron chi connectivity index (χ3n) is 3.27. The monoisotopic (exact) mass is 236 g/mol. The van der Waals surface area contributed by atoms with E-state index in [9.17, 15) is 10.2 Å². The van der Waals surface area contributed by atoms with E-state index in [2.05, 4.69) is 4.90 Å². The summed E-state index contributed by atoms with van der Waals surface area (Å²) in [6, 6.07) is 5.37. The Hall–Kier alpha value is -1.26. The quantitative estimate of drug-likeness (QED) is 0.725. The molecular weight excluding hydrogens is 216 g/mol. The van der Waals surface area contributed by atoms with Crippen molar-refractivity contribution >= 4 is 5.69 Å². The molecule has 1 fully saturated rings. The van der Waals surface area contributed by atoms with Crippen LogP contribution in [0.15, 0.2) is 18.2 Å². The lowest BCUT2D eigenvalue weighted by Crippen LogP contribution is -2.38. The van der Waals surface area contributed by atoms with Gasteiger partial charge in [0.15, 0.2) is 0 Å². The Bertz CT molecular complexity index is 393. The Balaban J connectivity index is 2.19. The number of anilines is 1. The van der Waals surface area contributed by atoms with E-state index in [0.29, 0.717) is 6.54 Å². The summed E-state index contributed by atoms with van der Waals surface area (Å²) in [6.07, 6.45) is 1.58. The lowest BCUT2D eigenvalue weighted by atomic mass is 10.0. The van der Waals surface area contributed by atoms with Crippen molar-refractivity contribution in [3.63, 3.8) is 0 Å². The van der Waals surface area contributed by atoms with E-state index >= 15 is 0 Å². The van der Waals surface area contributed by atoms with Gasteiger partial charge in [0.2, 0.25) is 0 Å². The molecule has 0 spiro atoms. The van der Waals surface area contributed by atoms with E-state index in [1.807, 2.05) is 19.1 Å². The minimum atomic E-state index is -0.265. The normalized spacial score (nSPS) is 22.5. The maximum Gasteiger partial charge on any atom is 0.122 e. The third-order valence-corrected chi connectivity index (χ3v) is 3.27. The van der Waals surface area contributed by atoms with Crippen LogP contribution in [0.3, 0.4) is 0 Å². The van der Waals surface area contributed by atoms with Crippen LogP contribution in [0, 0.1) is 0 Å². The van der Waals surface area contributed by atoms with Crippen molar-refractivity contribution in [2.24, 2.45) is 5.73 Å². The fourth-order valence-corrected chi connectivity index (χ4v) is 2.30. The van der Waals surface area contributed by atoms with Crippen LogP contribution in [-0.4, -0.2) is 29.4 Å². The summed E-state index contributed by atoms with van der Waals surface area (Å²) >= 11 is 0. The molecule has 2 rings (SSSR count). The first-order chi connectivity index (χ1) is 8.08. The van der Waals surface area contributed by atoms with Crippen molar-refractivity contribution in [3.8, 4) is 5.75 Å². The summed E-state index contributed by atoms with van der Waals surface area (Å²) in [5.41, 5.74) is 7.46. The van der Waals surface area contributed by atoms with Gasteiger partial charge < -0.3 is 20.8 Å². The zero-order valence-electron chi connectivity index (χ0n) is 10.1. The average Bonchev–Trinajstić information content (AvgIpc) is 2.28. The van der Waals surface area contributed by atoms with Gasteiger partial charge in [-0.2, -0.15) is 0 Å². The molecule has 0 saturated carbocycles. The molecular formula is C13H20N2O2. The lowest BCUT2D eigenvalue weighted by molar-refractivity contribution is 0.154. The molecule has 2 atom stereocenters. The molecule has 2 unspecified atom stereocenters. The molecule has 0 bridgehead atoms. The number of hydrogen-bond acceptors (Lipinski definition) is 4. The van der Waals surface area contributed by atoms with E-state index in [-0.39, 0.29) is 17.9 Å². The fraction of sp³-hybridized carbons (Fsp3) is 0.538. The van der Waals surface area contributed by atoms with Crippen molar-refractivity contribution in [1.82, 2.24) is 0 Å². The molecule has 1 aliphatic rings. The van der Waals surface area contributed by atoms with Crippen LogP contribution in [-0.2, 0) is 0 Å². The fourth-order valence-electron chi connectivity index (χ4n) is 2.30. The molecule has 1 saturated heterocycles. The van der Waals surface area contributed by atoms with Gasteiger partial charge in [0.1, 0.15) is 5.75 Å². The second-order valence-corrected chi connectivity index (χ2v) is 4.77. The van der Waals surface area contributed by atoms with Crippen molar-refractivity contribution in [3.05, 3.63) is 23.8 Å². The number of nitrogens with zero attached hydrogens (tertiary/aromatic N) is 1. The molecule has 1 aromatic carbocycles. The van der Waals surface area contributed by atoms with Crippen LogP contribution in [0.25, 0.3) is 0 Å². The van der Waals surface area contributed by atoms with Gasteiger partial charge >= 0.3 is 0 Å². The van der Waals surface area contributed by atoms with E-state index < -0.39 is 0 Å². The van der Waals surface area contributed by atoms with Gasteiger partial charge in [-0.3, -0.25) is 0 Å². The highest BCUT2D eigenvalue weighted by molar-refractivity contribution is 5.54. The summed E-state index contributed by atoms with van der Waals surface area (Å²) in [5.74, 6) is 0.234. The molecule has 0 aliphatic carbocycles. The van der Waals surface area contributed by atoms with E-state index in [1.165, 1.54) is 0 Å². The van der Waals surface area contributed by atoms with Crippen molar-refractivity contribution in [2.75, 3.05) is 18.0 Å². The second-order valence-electron chi connectivity index (χ2n) is 4.77. The van der Waals surface area contributed by atoms with Gasteiger partial charge in [0.05, 0.1) is 6.10 Å². The van der Waals surface area contributed by atoms with Crippen molar-refractivity contribution in [1.29, 1.82) is 0 Å². The number of piperidine rings is 1. The SMILES string of the molecule is CC(N)c1ccc(N2CCCC(O)C2)cc1O. The van der Waals surface area contributed by atoms with Crippen LogP contribution in [0.2, 0.25) is 0 Å². The summed E-state index contributed by atoms with van der Waals surface area (Å²) in [5, 5.41) is 19.5. The molecule has 4 N–H and O–H groups in total. The number of nitrogens with two attached hydrogens (primary N) is 1. The first-order valence-corrected chi connectivity index (χ1v) is 6.09. The highest BCUT2D eigenvalue weighted by atomic mass is 16.3. The number of β-amino-alcohol motifs (C(OH)–C–C–N with tert-alkyl or cyclic N) is 1. The largest absolute Gasteiger partial charge is 0.508 e. The molecule has 1 aromatic rings. The van der Waals surface area contributed by atoms with E-state index in [4.69, 9.17) is 5.73 Å². The molecule has 1 heterocycles. The topological polar surface area (TPSA) is 69.7 Å². The average molecular weight is 236 g/mol. The van der Waals surface area contributed by atoms with Gasteiger partial charge in [0, 0.05) is 36.4 Å². The van der Waals surface area contributed by atoms with Gasteiger partial charge in [-0.15, -0.1) is 0 Å². The predicted molar refractivity (Wildman–Crippen MR) is 68.2 cm³/mol. The smallest absolute Gasteiger partial charge is 0.122 e. The predicted octanol–water partition coefficient (Wildman–Crippen LogP) is 1.37. The number of aromatic hydroxyl groups is 1. The molecule has 1 aliphatic heterocycles. The van der Waals surface area contributed by atoms with Crippen molar-refractivity contribution < 1.29 is 10.2 Å². The summed E-state index contributed by atoms with van der Waals surface area (Å²) in [6.45, 7) is 3.41. The van der Waals surface area contributed by atoms with Crippen LogP contribution >= 0.6 is 0 Å². The Kier molecular flexibility index (Phi) is 3.54. The third kappa shape index (κ3) is 2.70. The van der Waals surface area contributed by atoms with Gasteiger partial charge in [0.25, 0.3) is 0 Å². The zero-order chi connectivity index (χ0) is 12.4. The maximum absolute atomic E-state index is 9.89. The number of hydrogen-bond donors (Lipinski definition) is 3. The van der Waals surface area contributed by atoms with Crippen LogP contribution in [0.5, 0.6) is 5.75 Å².